The van der Waals surface area contributed by atoms with Crippen LogP contribution in [0.4, 0.5) is 23.0 Å². The van der Waals surface area contributed by atoms with Crippen LogP contribution in [0.15, 0.2) is 90.5 Å². The van der Waals surface area contributed by atoms with Crippen molar-refractivity contribution in [3.63, 3.8) is 0 Å². The van der Waals surface area contributed by atoms with Gasteiger partial charge >= 0.3 is 13.1 Å². The van der Waals surface area contributed by atoms with Gasteiger partial charge in [-0.15, -0.1) is 12.4 Å². The van der Waals surface area contributed by atoms with Gasteiger partial charge in [-0.1, -0.05) is 83.5 Å². The molecule has 0 saturated carbocycles. The maximum absolute atomic E-state index is 12.1. The van der Waals surface area contributed by atoms with Gasteiger partial charge in [0, 0.05) is 120 Å². The van der Waals surface area contributed by atoms with Crippen LogP contribution < -0.4 is 49.6 Å². The molecule has 16 heterocycles. The molecule has 16 rings (SSSR count). The third-order valence-corrected chi connectivity index (χ3v) is 20.8. The van der Waals surface area contributed by atoms with Gasteiger partial charge in [0.1, 0.15) is 50.6 Å². The third-order valence-electron chi connectivity index (χ3n) is 19.0. The molecule has 13 aromatic heterocycles. The number of carbonyl (C=O) groups excluding carboxylic acids is 3. The molecule has 36 nitrogen and oxygen atoms in total. The summed E-state index contributed by atoms with van der Waals surface area (Å²) < 4.78 is 30.8. The van der Waals surface area contributed by atoms with Crippen LogP contribution in [0.5, 0.6) is 0 Å². The lowest BCUT2D eigenvalue weighted by atomic mass is 9.85. The summed E-state index contributed by atoms with van der Waals surface area (Å²) in [7, 11) is 0.867. The lowest BCUT2D eigenvalue weighted by Gasteiger charge is -2.32. The second kappa shape index (κ2) is 50.0. The van der Waals surface area contributed by atoms with Crippen molar-refractivity contribution in [3.05, 3.63) is 184 Å². The zero-order valence-electron chi connectivity index (χ0n) is 80.0. The highest BCUT2D eigenvalue weighted by atomic mass is 35.7. The number of rotatable bonds is 8. The Morgan fingerprint density at radius 2 is 0.896 bits per heavy atom. The van der Waals surface area contributed by atoms with Crippen LogP contribution in [-0.4, -0.2) is 205 Å². The first kappa shape index (κ1) is 115. The molecule has 0 aliphatic carbocycles. The molecule has 0 spiro atoms. The van der Waals surface area contributed by atoms with E-state index in [2.05, 4.69) is 191 Å². The number of nitrogen functional groups attached to an aromatic ring is 2. The number of aliphatic carboxylic acids is 1. The predicted octanol–water partition coefficient (Wildman–Crippen LogP) is 16.5. The van der Waals surface area contributed by atoms with Crippen molar-refractivity contribution in [1.82, 2.24) is 105 Å². The monoisotopic (exact) mass is 2030 g/mol. The number of fused-ring (bicyclic) bond motifs is 7. The minimum atomic E-state index is -3.19. The number of nitrogens with zero attached hydrogens (tertiary/aromatic N) is 16. The van der Waals surface area contributed by atoms with Crippen molar-refractivity contribution in [1.29, 1.82) is 0 Å². The zero-order chi connectivity index (χ0) is 101. The van der Waals surface area contributed by atoms with Crippen LogP contribution >= 0.6 is 92.7 Å². The van der Waals surface area contributed by atoms with E-state index in [1.165, 1.54) is 19.3 Å². The molecule has 0 atom stereocenters. The molecule has 46 heteroatoms. The Bertz CT molecular complexity index is 6360. The van der Waals surface area contributed by atoms with E-state index in [-0.39, 0.29) is 67.9 Å². The normalized spacial score (nSPS) is 13.2. The maximum Gasteiger partial charge on any atom is 0.512 e. The lowest BCUT2D eigenvalue weighted by Crippen LogP contribution is -2.41. The zero-order valence-corrected chi connectivity index (χ0v) is 86.9. The van der Waals surface area contributed by atoms with Crippen LogP contribution in [0.3, 0.4) is 0 Å². The number of carboxylic acids is 1. The van der Waals surface area contributed by atoms with Gasteiger partial charge in [0.05, 0.1) is 102 Å². The molecule has 13 aromatic rings. The number of nitrogens with two attached hydrogens (primary N) is 3. The SMILES string of the molecule is CC(=O)C(=O)O.CC(C)(C)N.CC1(C)OB(c2cc3c([nH]2)CCNC3=O)OC1(C)C.CCN(CC)C(C)C.CS(=O)(=O)Cl.Cc1nc2ccnc(-c3cc4c([nH]3)CCNC4=O)c2nc1NC(C)(C)C.Cc1nc2ccnc(Cl)c2[nH]c1=O.Cc1nc2ccnc(Cl)c2nc1C.Cc1nc2ccnc(Cl)c2nc1Cl.Cc1nc2ccnc(Cl)c2nc1NC(C)(C)C.Cl.Nc1ccnc(Cl)c1N. The smallest absolute Gasteiger partial charge is 0.476 e. The third kappa shape index (κ3) is 35.5. The fraction of sp³-hybridized carbons (Fsp3) is 0.416. The van der Waals surface area contributed by atoms with Crippen molar-refractivity contribution in [3.8, 4) is 11.4 Å². The summed E-state index contributed by atoms with van der Waals surface area (Å²) >= 11 is 34.7. The first-order valence-electron chi connectivity index (χ1n) is 42.0. The van der Waals surface area contributed by atoms with Gasteiger partial charge in [-0.05, 0) is 207 Å². The predicted molar refractivity (Wildman–Crippen MR) is 544 cm³/mol. The number of carbonyl (C=O) groups is 4. The highest BCUT2D eigenvalue weighted by Gasteiger charge is 2.52. The van der Waals surface area contributed by atoms with E-state index in [4.69, 9.17) is 106 Å². The topological polar surface area (TPSA) is 528 Å². The number of aryl methyl sites for hydroxylation is 6. The number of hydrogen-bond acceptors (Lipinski definition) is 30. The number of hydrogen-bond donors (Lipinski definition) is 11. The minimum Gasteiger partial charge on any atom is -0.476 e. The number of nitrogens with one attached hydrogen (secondary N) is 7. The molecule has 2 amide bonds. The Labute approximate surface area is 825 Å². The van der Waals surface area contributed by atoms with Crippen molar-refractivity contribution in [2.75, 3.05) is 54.5 Å². The van der Waals surface area contributed by atoms with Crippen LogP contribution in [0.1, 0.15) is 191 Å². The molecule has 0 radical (unpaired) electrons. The Morgan fingerprint density at radius 3 is 1.30 bits per heavy atom. The number of carboxylic acid groups (broad SMARTS) is 1. The van der Waals surface area contributed by atoms with Gasteiger partial charge < -0.3 is 72.7 Å². The number of halogens is 8. The molecular weight excluding hydrogens is 1920 g/mol. The molecule has 1 fully saturated rings. The Kier molecular flexibility index (Phi) is 42.5. The summed E-state index contributed by atoms with van der Waals surface area (Å²) in [5.41, 5.74) is 32.7. The minimum absolute atomic E-state index is 0. The van der Waals surface area contributed by atoms with Crippen molar-refractivity contribution in [2.24, 2.45) is 5.73 Å². The van der Waals surface area contributed by atoms with Crippen molar-refractivity contribution < 1.29 is 42.0 Å². The molecule has 0 aromatic carbocycles. The number of anilines is 4. The van der Waals surface area contributed by atoms with E-state index in [9.17, 15) is 32.4 Å². The Balaban J connectivity index is 0.000000271. The lowest BCUT2D eigenvalue weighted by molar-refractivity contribution is -0.148. The number of aromatic amines is 3. The molecule has 3 aliphatic heterocycles. The largest absolute Gasteiger partial charge is 0.512 e. The molecule has 14 N–H and O–H groups in total. The summed E-state index contributed by atoms with van der Waals surface area (Å²) in [6.45, 7) is 51.1. The van der Waals surface area contributed by atoms with Gasteiger partial charge in [0.15, 0.2) is 30.9 Å². The van der Waals surface area contributed by atoms with Gasteiger partial charge in [-0.2, -0.15) is 0 Å². The van der Waals surface area contributed by atoms with Gasteiger partial charge in [0.2, 0.25) is 14.8 Å². The summed E-state index contributed by atoms with van der Waals surface area (Å²) in [6.07, 6.45) is 12.2. The van der Waals surface area contributed by atoms with E-state index in [0.717, 1.165) is 99.7 Å². The Morgan fingerprint density at radius 1 is 0.533 bits per heavy atom. The summed E-state index contributed by atoms with van der Waals surface area (Å²) in [5.74, 6) is -0.788. The first-order valence-corrected chi connectivity index (χ1v) is 47.0. The number of H-pyrrole nitrogens is 3. The van der Waals surface area contributed by atoms with E-state index in [1.54, 1.807) is 69.1 Å². The highest BCUT2D eigenvalue weighted by Crippen LogP contribution is 2.37. The van der Waals surface area contributed by atoms with E-state index in [0.29, 0.717) is 118 Å². The van der Waals surface area contributed by atoms with Crippen molar-refractivity contribution >= 4 is 216 Å². The van der Waals surface area contributed by atoms with Crippen molar-refractivity contribution in [2.45, 2.75) is 213 Å². The van der Waals surface area contributed by atoms with E-state index in [1.807, 2.05) is 100 Å². The summed E-state index contributed by atoms with van der Waals surface area (Å²) in [4.78, 5) is 129. The molecule has 1 saturated heterocycles. The molecule has 3 aliphatic rings. The number of Topliss-reactive ketones (excluding diaryl/α,β-unsaturated/α-hetero) is 1. The van der Waals surface area contributed by atoms with Crippen LogP contribution in [0.2, 0.25) is 30.9 Å². The average Bonchev–Trinajstić information content (AvgIpc) is 1.78. The molecule has 135 heavy (non-hydrogen) atoms. The summed E-state index contributed by atoms with van der Waals surface area (Å²) in [6, 6.07) is 14.9. The maximum atomic E-state index is 12.1. The second-order valence-electron chi connectivity index (χ2n) is 34.8. The molecule has 0 bridgehead atoms. The number of aromatic nitrogens is 18. The highest BCUT2D eigenvalue weighted by molar-refractivity contribution is 8.13. The standard InChI is InChI=1S/C19H22N6O.C13H19BN2O3.C12H15ClN4.C9H8ClN3.C8H5Cl2N3.C8H6ClN3O.C7H17N.C5H6ClN3.C4H11N.C3H4O3.CH3ClO2S.ClH/c1-10-17(25-19(2,3)4)24-16-13(22-10)6-7-20-15(16)14-9-11-12(23-14)5-8-21-18(11)26;1-12(2)13(3,4)19-14(18-12)10-7-8-9(16-10)5-6-15-11(8)17;1-7-11(17-12(2,3)4)16-9-8(15-7)5-6-14-10(9)13;1-5-6(2)13-8-7(12-5)3-4-11-9(8)10;1-4-7(9)13-6-5(12-4)2-3-11-8(6)10;1-4-8(13)12-6-5(11-4)2-3-10-7(6)9;1-5-8(6-2)7(3)4;6-5-4(8)3(7)1-2-9-5;1-4(2,3)5;1-2(4)3(5)6;1-5(2,3)4;/h6-7,9,23H,5,8H2,1-4H3,(H,21,26)(H,24,25);7,16H,5-6H2,1-4H3,(H,15,17);5-6H,1-4H3,(H,16,17);3-4H,1-2H3;2-3H,1H3;2-3H,1H3,(H,12,13);7H,5-6H2,1-4H3;1-2H,8H2,(H2,7,9);5H2,1-3H3;1H3,(H,5,6);1H3;1H. The van der Waals surface area contributed by atoms with Gasteiger partial charge in [-0.25, -0.2) is 83.0 Å². The van der Waals surface area contributed by atoms with Crippen LogP contribution in [0.25, 0.3) is 66.6 Å². The first-order chi connectivity index (χ1) is 62.1. The average molecular weight is 2040 g/mol. The Hall–Kier alpha value is -10.6. The molecular formula is C89H117BCl8N26O10S. The number of amides is 2. The second-order valence-corrected chi connectivity index (χ2v) is 40.0. The van der Waals surface area contributed by atoms with Gasteiger partial charge in [0.25, 0.3) is 17.4 Å². The van der Waals surface area contributed by atoms with Crippen LogP contribution in [-0.2, 0) is 40.8 Å². The fourth-order valence-electron chi connectivity index (χ4n) is 11.7. The van der Waals surface area contributed by atoms with E-state index < -0.39 is 27.9 Å². The number of ketones is 1. The number of pyridine rings is 6. The van der Waals surface area contributed by atoms with E-state index >= 15 is 0 Å². The molecule has 0 unspecified atom stereocenters. The van der Waals surface area contributed by atoms with Crippen LogP contribution in [0, 0.1) is 41.5 Å². The fourth-order valence-corrected chi connectivity index (χ4v) is 12.8. The quantitative estimate of drug-likeness (QED) is 0.0291. The van der Waals surface area contributed by atoms with Gasteiger partial charge in [-0.3, -0.25) is 24.2 Å². The summed E-state index contributed by atoms with van der Waals surface area (Å²) in [5, 5.41) is 22.1. The molecule has 728 valence electrons.